The molecule has 0 spiro atoms. The number of aromatic carboxylic acids is 1. The molecule has 0 amide bonds. The molecule has 2 aromatic carbocycles. The molecule has 1 N–H and O–H groups in total. The molecule has 3 heteroatoms. The van der Waals surface area contributed by atoms with Gasteiger partial charge in [-0.3, -0.25) is 0 Å². The maximum atomic E-state index is 11.0. The lowest BCUT2D eigenvalue weighted by Crippen LogP contribution is -1.98. The van der Waals surface area contributed by atoms with E-state index in [1.54, 1.807) is 6.07 Å². The zero-order valence-electron chi connectivity index (χ0n) is 9.38. The van der Waals surface area contributed by atoms with Crippen molar-refractivity contribution in [1.82, 2.24) is 0 Å². The fourth-order valence-corrected chi connectivity index (χ4v) is 2.30. The molecule has 0 saturated heterocycles. The molecule has 0 aromatic heterocycles. The molecular formula is C14H12O2S. The minimum absolute atomic E-state index is 0.359. The summed E-state index contributed by atoms with van der Waals surface area (Å²) in [4.78, 5) is 11.8. The van der Waals surface area contributed by atoms with Gasteiger partial charge in [-0.2, -0.15) is 0 Å². The van der Waals surface area contributed by atoms with E-state index in [0.717, 1.165) is 16.0 Å². The van der Waals surface area contributed by atoms with E-state index >= 15 is 0 Å². The Morgan fingerprint density at radius 3 is 2.35 bits per heavy atom. The van der Waals surface area contributed by atoms with Gasteiger partial charge < -0.3 is 5.11 Å². The smallest absolute Gasteiger partial charge is 0.336 e. The van der Waals surface area contributed by atoms with E-state index in [1.165, 1.54) is 11.8 Å². The highest BCUT2D eigenvalue weighted by molar-refractivity contribution is 7.98. The van der Waals surface area contributed by atoms with Crippen molar-refractivity contribution in [3.05, 3.63) is 54.1 Å². The molecule has 0 radical (unpaired) electrons. The maximum Gasteiger partial charge on any atom is 0.336 e. The number of rotatable bonds is 3. The van der Waals surface area contributed by atoms with Gasteiger partial charge in [-0.25, -0.2) is 4.79 Å². The van der Waals surface area contributed by atoms with E-state index in [4.69, 9.17) is 5.11 Å². The van der Waals surface area contributed by atoms with Gasteiger partial charge in [0.1, 0.15) is 0 Å². The molecule has 17 heavy (non-hydrogen) atoms. The Hall–Kier alpha value is -1.74. The summed E-state index contributed by atoms with van der Waals surface area (Å²) < 4.78 is 0. The van der Waals surface area contributed by atoms with Gasteiger partial charge in [0.05, 0.1) is 5.56 Å². The van der Waals surface area contributed by atoms with Gasteiger partial charge in [0.2, 0.25) is 0 Å². The van der Waals surface area contributed by atoms with E-state index in [2.05, 4.69) is 0 Å². The van der Waals surface area contributed by atoms with Crippen LogP contribution in [0.1, 0.15) is 10.4 Å². The van der Waals surface area contributed by atoms with Crippen LogP contribution < -0.4 is 0 Å². The van der Waals surface area contributed by atoms with E-state index in [-0.39, 0.29) is 0 Å². The average molecular weight is 244 g/mol. The summed E-state index contributed by atoms with van der Waals surface area (Å²) in [5, 5.41) is 9.04. The van der Waals surface area contributed by atoms with Crippen molar-refractivity contribution in [2.24, 2.45) is 0 Å². The highest BCUT2D eigenvalue weighted by atomic mass is 32.2. The lowest BCUT2D eigenvalue weighted by atomic mass is 10.0. The van der Waals surface area contributed by atoms with Crippen LogP contribution in [0, 0.1) is 0 Å². The molecule has 2 nitrogen and oxygen atoms in total. The number of benzene rings is 2. The predicted molar refractivity (Wildman–Crippen MR) is 70.6 cm³/mol. The van der Waals surface area contributed by atoms with Gasteiger partial charge in [-0.05, 0) is 29.5 Å². The third-order valence-electron chi connectivity index (χ3n) is 2.54. The molecule has 0 atom stereocenters. The van der Waals surface area contributed by atoms with Crippen LogP contribution in [-0.2, 0) is 0 Å². The summed E-state index contributed by atoms with van der Waals surface area (Å²) in [6, 6.07) is 15.4. The second-order valence-corrected chi connectivity index (χ2v) is 4.43. The molecule has 0 aliphatic carbocycles. The number of carboxylic acid groups (broad SMARTS) is 1. The van der Waals surface area contributed by atoms with Gasteiger partial charge >= 0.3 is 5.97 Å². The molecule has 0 unspecified atom stereocenters. The Bertz CT molecular complexity index is 535. The first kappa shape index (κ1) is 11.7. The Morgan fingerprint density at radius 1 is 1.06 bits per heavy atom. The molecular weight excluding hydrogens is 232 g/mol. The van der Waals surface area contributed by atoms with Crippen molar-refractivity contribution < 1.29 is 9.90 Å². The molecule has 2 aromatic rings. The maximum absolute atomic E-state index is 11.0. The van der Waals surface area contributed by atoms with Crippen LogP contribution in [-0.4, -0.2) is 17.3 Å². The van der Waals surface area contributed by atoms with Crippen molar-refractivity contribution >= 4 is 17.7 Å². The minimum atomic E-state index is -0.881. The quantitative estimate of drug-likeness (QED) is 0.835. The fourth-order valence-electron chi connectivity index (χ4n) is 1.68. The van der Waals surface area contributed by atoms with Crippen molar-refractivity contribution in [3.8, 4) is 11.1 Å². The summed E-state index contributed by atoms with van der Waals surface area (Å²) in [5.41, 5.74) is 2.50. The zero-order chi connectivity index (χ0) is 12.3. The summed E-state index contributed by atoms with van der Waals surface area (Å²) in [7, 11) is 0. The van der Waals surface area contributed by atoms with Gasteiger partial charge in [-0.15, -0.1) is 11.8 Å². The Labute approximate surface area is 104 Å². The number of hydrogen-bond donors (Lipinski definition) is 1. The number of thioether (sulfide) groups is 1. The van der Waals surface area contributed by atoms with Crippen LogP contribution in [0.25, 0.3) is 11.1 Å². The largest absolute Gasteiger partial charge is 0.478 e. The molecule has 2 rings (SSSR count). The van der Waals surface area contributed by atoms with Crippen molar-refractivity contribution in [1.29, 1.82) is 0 Å². The molecule has 0 heterocycles. The summed E-state index contributed by atoms with van der Waals surface area (Å²) in [6.45, 7) is 0. The van der Waals surface area contributed by atoms with Gasteiger partial charge in [-0.1, -0.05) is 36.4 Å². The molecule has 0 fully saturated rings. The van der Waals surface area contributed by atoms with Gasteiger partial charge in [0, 0.05) is 4.90 Å². The van der Waals surface area contributed by atoms with E-state index in [1.807, 2.05) is 48.7 Å². The van der Waals surface area contributed by atoms with Crippen LogP contribution in [0.4, 0.5) is 0 Å². The third kappa shape index (κ3) is 2.50. The number of carboxylic acids is 1. The lowest BCUT2D eigenvalue weighted by molar-refractivity contribution is 0.0693. The molecule has 0 aliphatic heterocycles. The fraction of sp³-hybridized carbons (Fsp3) is 0.0714. The second-order valence-electron chi connectivity index (χ2n) is 3.59. The lowest BCUT2D eigenvalue weighted by Gasteiger charge is -2.07. The van der Waals surface area contributed by atoms with Crippen molar-refractivity contribution in [2.75, 3.05) is 6.26 Å². The van der Waals surface area contributed by atoms with Crippen molar-refractivity contribution in [3.63, 3.8) is 0 Å². The molecule has 0 aliphatic rings. The number of hydrogen-bond acceptors (Lipinski definition) is 2. The van der Waals surface area contributed by atoms with Crippen LogP contribution in [0.5, 0.6) is 0 Å². The molecule has 86 valence electrons. The Balaban J connectivity index is 2.49. The topological polar surface area (TPSA) is 37.3 Å². The van der Waals surface area contributed by atoms with Crippen molar-refractivity contribution in [2.45, 2.75) is 4.90 Å². The first-order chi connectivity index (χ1) is 8.22. The second kappa shape index (κ2) is 5.06. The average Bonchev–Trinajstić information content (AvgIpc) is 2.39. The van der Waals surface area contributed by atoms with Crippen LogP contribution in [0.2, 0.25) is 0 Å². The van der Waals surface area contributed by atoms with Gasteiger partial charge in [0.15, 0.2) is 0 Å². The highest BCUT2D eigenvalue weighted by Gasteiger charge is 2.10. The van der Waals surface area contributed by atoms with E-state index < -0.39 is 5.97 Å². The van der Waals surface area contributed by atoms with Crippen LogP contribution in [0.3, 0.4) is 0 Å². The minimum Gasteiger partial charge on any atom is -0.478 e. The van der Waals surface area contributed by atoms with Crippen LogP contribution >= 0.6 is 11.8 Å². The number of carbonyl (C=O) groups is 1. The van der Waals surface area contributed by atoms with E-state index in [0.29, 0.717) is 5.56 Å². The Kier molecular flexibility index (Phi) is 3.49. The highest BCUT2D eigenvalue weighted by Crippen LogP contribution is 2.27. The normalized spacial score (nSPS) is 10.2. The predicted octanol–water partition coefficient (Wildman–Crippen LogP) is 3.77. The standard InChI is InChI=1S/C14H12O2S/c1-17-13-9-11(7-8-12(13)14(15)16)10-5-3-2-4-6-10/h2-9H,1H3,(H,15,16). The zero-order valence-corrected chi connectivity index (χ0v) is 10.2. The monoisotopic (exact) mass is 244 g/mol. The van der Waals surface area contributed by atoms with Crippen LogP contribution in [0.15, 0.2) is 53.4 Å². The summed E-state index contributed by atoms with van der Waals surface area (Å²) in [6.07, 6.45) is 1.89. The summed E-state index contributed by atoms with van der Waals surface area (Å²) >= 11 is 1.45. The first-order valence-corrected chi connectivity index (χ1v) is 6.41. The molecule has 0 bridgehead atoms. The third-order valence-corrected chi connectivity index (χ3v) is 3.32. The molecule has 0 saturated carbocycles. The SMILES string of the molecule is CSc1cc(-c2ccccc2)ccc1C(=O)O. The van der Waals surface area contributed by atoms with Gasteiger partial charge in [0.25, 0.3) is 0 Å². The first-order valence-electron chi connectivity index (χ1n) is 5.19. The van der Waals surface area contributed by atoms with E-state index in [9.17, 15) is 4.79 Å². The Morgan fingerprint density at radius 2 is 1.76 bits per heavy atom. The summed E-state index contributed by atoms with van der Waals surface area (Å²) in [5.74, 6) is -0.881.